The lowest BCUT2D eigenvalue weighted by Crippen LogP contribution is -2.99. The summed E-state index contributed by atoms with van der Waals surface area (Å²) in [5, 5.41) is 0. The van der Waals surface area contributed by atoms with Crippen molar-refractivity contribution in [1.82, 2.24) is 14.7 Å². The van der Waals surface area contributed by atoms with Crippen LogP contribution in [0.2, 0.25) is 0 Å². The van der Waals surface area contributed by atoms with Gasteiger partial charge in [-0.05, 0) is 47.3 Å². The number of benzene rings is 4. The maximum absolute atomic E-state index is 14.5. The molecule has 7 aliphatic heterocycles. The molecule has 10 nitrogen and oxygen atoms in total. The second-order valence-electron chi connectivity index (χ2n) is 12.7. The fraction of sp³-hybridized carbons (Fsp3) is 0. The molecule has 13 rings (SSSR count). The summed E-state index contributed by atoms with van der Waals surface area (Å²) in [6.07, 6.45) is 7.33. The monoisotopic (exact) mass is 634 g/mol. The molecule has 2 aromatic heterocycles. The zero-order valence-electron chi connectivity index (χ0n) is 23.3. The highest BCUT2D eigenvalue weighted by Crippen LogP contribution is 2.53. The molecule has 212 valence electrons. The fourth-order valence-corrected chi connectivity index (χ4v) is 13.2. The number of hydrogen-bond donors (Lipinski definition) is 0. The van der Waals surface area contributed by atoms with Crippen LogP contribution in [0.4, 0.5) is 11.4 Å². The van der Waals surface area contributed by atoms with Crippen molar-refractivity contribution >= 4 is 77.5 Å². The van der Waals surface area contributed by atoms with Gasteiger partial charge in [0.2, 0.25) is 42.4 Å². The van der Waals surface area contributed by atoms with Gasteiger partial charge in [0.25, 0.3) is 12.4 Å². The van der Waals surface area contributed by atoms with Gasteiger partial charge in [-0.3, -0.25) is 0 Å². The summed E-state index contributed by atoms with van der Waals surface area (Å²) in [4.78, 5) is 10.8. The highest BCUT2D eigenvalue weighted by Gasteiger charge is 2.77. The van der Waals surface area contributed by atoms with E-state index in [4.69, 9.17) is 14.7 Å². The predicted molar refractivity (Wildman–Crippen MR) is 165 cm³/mol. The summed E-state index contributed by atoms with van der Waals surface area (Å²) in [5.74, 6) is 1.02. The van der Waals surface area contributed by atoms with Gasteiger partial charge in [-0.25, -0.2) is 26.8 Å². The quantitative estimate of drug-likeness (QED) is 0.115. The van der Waals surface area contributed by atoms with Crippen LogP contribution in [0.3, 0.4) is 0 Å². The normalized spacial score (nSPS) is 19.0. The van der Waals surface area contributed by atoms with E-state index in [-0.39, 0.29) is 14.5 Å². The van der Waals surface area contributed by atoms with Crippen LogP contribution in [0.5, 0.6) is 11.5 Å². The standard InChI is InChI=1S/C32H14B2N5O5S2/c40-45(41)19-5-1-3-15-23(19)33-25-21(45)9-7-17-29(25)39(37-13-11-35-27(15)31(33)37)30-18(44-17)8-10-22-26(30)34-24-16(4-2-6-20(24)46(22,42)43)28-32(34)38(39)14-12-36-28/h1-14H/q+3. The Morgan fingerprint density at radius 2 is 1.04 bits per heavy atom. The van der Waals surface area contributed by atoms with Gasteiger partial charge in [-0.1, -0.05) is 24.3 Å². The number of nitrogens with zero attached hydrogens (tertiary/aromatic N) is 5. The van der Waals surface area contributed by atoms with Crippen LogP contribution in [0.15, 0.2) is 105 Å². The summed E-state index contributed by atoms with van der Waals surface area (Å²) in [6, 6.07) is 17.6. The number of rotatable bonds is 0. The minimum absolute atomic E-state index is 0.155. The molecule has 1 spiro atoms. The first-order chi connectivity index (χ1) is 22.4. The highest BCUT2D eigenvalue weighted by atomic mass is 32.2. The van der Waals surface area contributed by atoms with Gasteiger partial charge >= 0.3 is 24.8 Å². The molecular weight excluding hydrogens is 620 g/mol. The summed E-state index contributed by atoms with van der Waals surface area (Å²) in [6.45, 7) is -0.810. The molecule has 0 saturated carbocycles. The summed E-state index contributed by atoms with van der Waals surface area (Å²) in [5.41, 5.74) is 8.69. The second-order valence-corrected chi connectivity index (χ2v) is 16.4. The molecule has 0 atom stereocenters. The predicted octanol–water partition coefficient (Wildman–Crippen LogP) is -1.36. The van der Waals surface area contributed by atoms with Crippen molar-refractivity contribution in [3.63, 3.8) is 0 Å². The van der Waals surface area contributed by atoms with Gasteiger partial charge in [-0.15, -0.1) is 0 Å². The first-order valence-electron chi connectivity index (χ1n) is 14.9. The van der Waals surface area contributed by atoms with Crippen molar-refractivity contribution in [2.45, 2.75) is 19.6 Å². The number of sulfone groups is 2. The van der Waals surface area contributed by atoms with E-state index in [1.165, 1.54) is 0 Å². The van der Waals surface area contributed by atoms with E-state index in [2.05, 4.69) is 9.35 Å². The summed E-state index contributed by atoms with van der Waals surface area (Å²) >= 11 is 0. The zero-order valence-corrected chi connectivity index (χ0v) is 25.0. The molecule has 0 radical (unpaired) electrons. The van der Waals surface area contributed by atoms with Crippen LogP contribution in [-0.4, -0.2) is 40.2 Å². The minimum Gasteiger partial charge on any atom is -0.444 e. The van der Waals surface area contributed by atoms with E-state index in [0.29, 0.717) is 55.0 Å². The van der Waals surface area contributed by atoms with E-state index in [0.717, 1.165) is 33.2 Å². The number of quaternary nitrogens is 1. The Labute approximate surface area is 261 Å². The third kappa shape index (κ3) is 1.95. The molecule has 6 aromatic rings. The van der Waals surface area contributed by atoms with Crippen LogP contribution in [0.25, 0.3) is 22.5 Å². The van der Waals surface area contributed by atoms with Crippen molar-refractivity contribution in [3.8, 4) is 34.0 Å². The maximum Gasteiger partial charge on any atom is 0.348 e. The van der Waals surface area contributed by atoms with E-state index < -0.39 is 33.1 Å². The number of aromatic nitrogens is 4. The van der Waals surface area contributed by atoms with E-state index in [9.17, 15) is 16.8 Å². The van der Waals surface area contributed by atoms with Crippen LogP contribution >= 0.6 is 0 Å². The number of hydrogen-bond acceptors (Lipinski definition) is 7. The first-order valence-corrected chi connectivity index (χ1v) is 17.8. The van der Waals surface area contributed by atoms with Gasteiger partial charge in [0, 0.05) is 31.4 Å². The Balaban J connectivity index is 1.34. The molecule has 0 saturated heterocycles. The lowest BCUT2D eigenvalue weighted by atomic mass is 9.38. The van der Waals surface area contributed by atoms with Gasteiger partial charge in [0.15, 0.2) is 4.70 Å². The van der Waals surface area contributed by atoms with Crippen molar-refractivity contribution in [2.75, 3.05) is 0 Å². The molecule has 0 N–H and O–H groups in total. The van der Waals surface area contributed by atoms with E-state index >= 15 is 0 Å². The van der Waals surface area contributed by atoms with Gasteiger partial charge in [0.1, 0.15) is 11.4 Å². The average Bonchev–Trinajstić information content (AvgIpc) is 3.59. The van der Waals surface area contributed by atoms with Gasteiger partial charge in [0.05, 0.1) is 32.0 Å². The van der Waals surface area contributed by atoms with E-state index in [1.54, 1.807) is 60.9 Å². The molecular formula is C32H14B2N5O5S2+3. The van der Waals surface area contributed by atoms with Gasteiger partial charge in [-0.2, -0.15) is 0 Å². The smallest absolute Gasteiger partial charge is 0.348 e. The second kappa shape index (κ2) is 6.54. The highest BCUT2D eigenvalue weighted by molar-refractivity contribution is 7.92. The molecule has 46 heavy (non-hydrogen) atoms. The van der Waals surface area contributed by atoms with Crippen LogP contribution in [-0.2, 0) is 19.7 Å². The Morgan fingerprint density at radius 1 is 0.587 bits per heavy atom. The largest absolute Gasteiger partial charge is 0.444 e. The lowest BCUT2D eigenvalue weighted by molar-refractivity contribution is -1.03. The third-order valence-electron chi connectivity index (χ3n) is 11.1. The lowest BCUT2D eigenvalue weighted by Gasteiger charge is -2.40. The molecule has 0 aliphatic carbocycles. The van der Waals surface area contributed by atoms with Crippen molar-refractivity contribution in [3.05, 3.63) is 85.5 Å². The molecule has 9 heterocycles. The third-order valence-corrected chi connectivity index (χ3v) is 14.8. The molecule has 0 amide bonds. The first kappa shape index (κ1) is 23.2. The Hall–Kier alpha value is -5.17. The topological polar surface area (TPSA) is 111 Å². The Bertz CT molecular complexity index is 2720. The van der Waals surface area contributed by atoms with Crippen LogP contribution in [0.1, 0.15) is 0 Å². The molecule has 0 bridgehead atoms. The van der Waals surface area contributed by atoms with E-state index in [1.807, 2.05) is 24.5 Å². The summed E-state index contributed by atoms with van der Waals surface area (Å²) < 4.78 is 68.8. The zero-order chi connectivity index (χ0) is 30.2. The summed E-state index contributed by atoms with van der Waals surface area (Å²) in [7, 11) is -7.84. The van der Waals surface area contributed by atoms with Crippen LogP contribution in [0, 0.1) is 0 Å². The maximum atomic E-state index is 14.5. The van der Waals surface area contributed by atoms with Crippen molar-refractivity contribution in [1.29, 1.82) is 0 Å². The van der Waals surface area contributed by atoms with Crippen molar-refractivity contribution in [2.24, 2.45) is 0 Å². The fourth-order valence-electron chi connectivity index (χ4n) is 9.69. The average molecular weight is 634 g/mol. The van der Waals surface area contributed by atoms with Crippen LogP contribution < -0.4 is 51.8 Å². The van der Waals surface area contributed by atoms with Gasteiger partial charge < -0.3 is 4.74 Å². The molecule has 4 aromatic carbocycles. The SMILES string of the molecule is O=S1(=O)c2cccc3c2B2c4c1ccc1c4[N+]4(c5c(ccc6c5B5c7c(cccc7S6(=O)=O)-c6ncc[n+]4c65)O1)[n+]1ccnc-3c12. The molecule has 0 fully saturated rings. The molecule has 14 heteroatoms. The Morgan fingerprint density at radius 3 is 1.52 bits per heavy atom. The minimum atomic E-state index is -3.92. The molecule has 0 unspecified atom stereocenters. The van der Waals surface area contributed by atoms with Crippen molar-refractivity contribution < 1.29 is 30.9 Å². The number of ether oxygens (including phenoxy) is 1. The number of fused-ring (bicyclic) bond motifs is 2. The Kier molecular flexibility index (Phi) is 3.30. The molecule has 7 aliphatic rings.